The Morgan fingerprint density at radius 2 is 1.46 bits per heavy atom. The highest BCUT2D eigenvalue weighted by Gasteiger charge is 2.51. The Morgan fingerprint density at radius 3 is 2.13 bits per heavy atom. The van der Waals surface area contributed by atoms with Gasteiger partial charge in [0.15, 0.2) is 6.29 Å². The van der Waals surface area contributed by atoms with Crippen molar-refractivity contribution in [1.29, 1.82) is 0 Å². The minimum atomic E-state index is -0.588. The molecule has 0 radical (unpaired) electrons. The van der Waals surface area contributed by atoms with Crippen LogP contribution in [0.1, 0.15) is 87.0 Å². The van der Waals surface area contributed by atoms with Gasteiger partial charge in [-0.1, -0.05) is 67.6 Å². The first-order valence-corrected chi connectivity index (χ1v) is 20.5. The molecule has 4 aliphatic carbocycles. The Morgan fingerprint density at radius 1 is 0.796 bits per heavy atom. The molecule has 0 unspecified atom stereocenters. The molecule has 0 aromatic heterocycles. The van der Waals surface area contributed by atoms with Crippen LogP contribution in [0.2, 0.25) is 0 Å². The molecule has 9 heteroatoms. The number of amides is 3. The molecule has 1 aliphatic heterocycles. The van der Waals surface area contributed by atoms with Crippen LogP contribution in [0.4, 0.5) is 10.5 Å². The van der Waals surface area contributed by atoms with Gasteiger partial charge in [0.1, 0.15) is 0 Å². The molecule has 4 bridgehead atoms. The van der Waals surface area contributed by atoms with Gasteiger partial charge in [-0.25, -0.2) is 4.79 Å². The molecule has 54 heavy (non-hydrogen) atoms. The number of nitrogens with one attached hydrogen (secondary N) is 3. The number of benzene rings is 4. The van der Waals surface area contributed by atoms with Crippen molar-refractivity contribution in [2.75, 3.05) is 11.1 Å². The van der Waals surface area contributed by atoms with Crippen LogP contribution < -0.4 is 16.0 Å². The quantitative estimate of drug-likeness (QED) is 0.114. The lowest BCUT2D eigenvalue weighted by atomic mass is 9.53. The van der Waals surface area contributed by atoms with Crippen molar-refractivity contribution in [3.63, 3.8) is 0 Å². The second-order valence-corrected chi connectivity index (χ2v) is 17.3. The number of anilines is 1. The molecular weight excluding hydrogens is 695 g/mol. The maximum absolute atomic E-state index is 13.2. The number of ether oxygens (including phenoxy) is 2. The lowest BCUT2D eigenvalue weighted by Crippen LogP contribution is -2.61. The van der Waals surface area contributed by atoms with Crippen LogP contribution in [-0.2, 0) is 27.4 Å². The number of aliphatic hydroxyl groups is 1. The molecule has 4 aromatic carbocycles. The predicted octanol–water partition coefficient (Wildman–Crippen LogP) is 9.16. The van der Waals surface area contributed by atoms with Crippen LogP contribution in [0, 0.1) is 23.7 Å². The Bertz CT molecular complexity index is 1910. The average Bonchev–Trinajstić information content (AvgIpc) is 3.16. The zero-order valence-electron chi connectivity index (χ0n) is 31.1. The second kappa shape index (κ2) is 15.9. The van der Waals surface area contributed by atoms with Crippen LogP contribution in [0.5, 0.6) is 0 Å². The summed E-state index contributed by atoms with van der Waals surface area (Å²) < 4.78 is 13.5. The third-order valence-corrected chi connectivity index (χ3v) is 13.1. The third-order valence-electron chi connectivity index (χ3n) is 12.0. The average molecular weight is 746 g/mol. The van der Waals surface area contributed by atoms with Crippen molar-refractivity contribution in [2.45, 2.75) is 94.5 Å². The Labute approximate surface area is 322 Å². The maximum atomic E-state index is 13.2. The monoisotopic (exact) mass is 745 g/mol. The van der Waals surface area contributed by atoms with E-state index in [1.54, 1.807) is 11.8 Å². The minimum absolute atomic E-state index is 0.00776. The maximum Gasteiger partial charge on any atom is 0.315 e. The molecule has 5 fully saturated rings. The zero-order valence-corrected chi connectivity index (χ0v) is 31.9. The first kappa shape index (κ1) is 36.8. The summed E-state index contributed by atoms with van der Waals surface area (Å²) in [4.78, 5) is 25.8. The van der Waals surface area contributed by atoms with E-state index >= 15 is 0 Å². The lowest BCUT2D eigenvalue weighted by Gasteiger charge is -2.56. The first-order chi connectivity index (χ1) is 26.2. The van der Waals surface area contributed by atoms with Crippen molar-refractivity contribution >= 4 is 29.4 Å². The van der Waals surface area contributed by atoms with E-state index in [-0.39, 0.29) is 42.2 Å². The summed E-state index contributed by atoms with van der Waals surface area (Å²) in [6.07, 6.45) is 6.55. The summed E-state index contributed by atoms with van der Waals surface area (Å²) in [6.45, 7) is 4.13. The zero-order chi connectivity index (χ0) is 37.2. The fourth-order valence-electron chi connectivity index (χ4n) is 9.78. The molecule has 1 heterocycles. The van der Waals surface area contributed by atoms with Crippen LogP contribution in [-0.4, -0.2) is 34.4 Å². The molecule has 5 aliphatic rings. The molecule has 4 saturated carbocycles. The smallest absolute Gasteiger partial charge is 0.315 e. The predicted molar refractivity (Wildman–Crippen MR) is 213 cm³/mol. The highest BCUT2D eigenvalue weighted by atomic mass is 32.2. The van der Waals surface area contributed by atoms with E-state index in [1.807, 2.05) is 60.7 Å². The molecule has 282 valence electrons. The number of urea groups is 1. The molecule has 4 N–H and O–H groups in total. The standard InChI is InChI=1S/C45H51N3O5S/c1-28-41(27-54-40-15-13-39(14-16-40)47-29(2)50)52-43(53-42(28)35-11-9-30(26-49)10-12-35)38-8-4-7-37(21-38)36-6-3-5-31(20-36)25-46-44(51)48-45-22-32-17-33(23-45)19-34(18-32)24-45/h3-16,20-21,28,32-34,41-43,49H,17-19,22-27H2,1-2H3,(H,47,50)(H2,46,48,51)/t28-,32?,33?,34?,41+,42+,43+,45?/m1/s1. The van der Waals surface area contributed by atoms with Gasteiger partial charge in [-0.05, 0) is 120 Å². The molecule has 9 rings (SSSR count). The summed E-state index contributed by atoms with van der Waals surface area (Å²) in [5.41, 5.74) is 6.76. The van der Waals surface area contributed by atoms with Gasteiger partial charge >= 0.3 is 6.03 Å². The normalized spacial score (nSPS) is 28.4. The summed E-state index contributed by atoms with van der Waals surface area (Å²) in [5.74, 6) is 3.03. The van der Waals surface area contributed by atoms with E-state index in [0.29, 0.717) is 6.54 Å². The van der Waals surface area contributed by atoms with Crippen LogP contribution >= 0.6 is 11.8 Å². The van der Waals surface area contributed by atoms with Gasteiger partial charge in [0.05, 0.1) is 18.8 Å². The molecule has 4 atom stereocenters. The number of rotatable bonds is 11. The van der Waals surface area contributed by atoms with E-state index in [0.717, 1.165) is 86.7 Å². The number of aliphatic hydroxyl groups excluding tert-OH is 1. The number of hydrogen-bond donors (Lipinski definition) is 4. The van der Waals surface area contributed by atoms with Crippen LogP contribution in [0.25, 0.3) is 11.1 Å². The van der Waals surface area contributed by atoms with Gasteiger partial charge in [0, 0.05) is 46.8 Å². The van der Waals surface area contributed by atoms with Gasteiger partial charge in [0.2, 0.25) is 5.91 Å². The fraction of sp³-hybridized carbons (Fsp3) is 0.422. The fourth-order valence-corrected chi connectivity index (χ4v) is 10.9. The molecule has 8 nitrogen and oxygen atoms in total. The lowest BCUT2D eigenvalue weighted by molar-refractivity contribution is -0.268. The summed E-state index contributed by atoms with van der Waals surface area (Å²) in [5, 5.41) is 19.1. The summed E-state index contributed by atoms with van der Waals surface area (Å²) in [6, 6.07) is 32.5. The van der Waals surface area contributed by atoms with Crippen LogP contribution in [0.3, 0.4) is 0 Å². The van der Waals surface area contributed by atoms with Crippen molar-refractivity contribution in [1.82, 2.24) is 10.6 Å². The largest absolute Gasteiger partial charge is 0.392 e. The molecule has 1 saturated heterocycles. The van der Waals surface area contributed by atoms with Gasteiger partial charge < -0.3 is 30.5 Å². The van der Waals surface area contributed by atoms with Gasteiger partial charge in [-0.15, -0.1) is 11.8 Å². The Hall–Kier alpha value is -4.15. The molecular formula is C45H51N3O5S. The number of carbonyl (C=O) groups excluding carboxylic acids is 2. The van der Waals surface area contributed by atoms with E-state index < -0.39 is 6.29 Å². The topological polar surface area (TPSA) is 109 Å². The van der Waals surface area contributed by atoms with Gasteiger partial charge in [-0.2, -0.15) is 0 Å². The van der Waals surface area contributed by atoms with E-state index in [2.05, 4.69) is 59.3 Å². The highest BCUT2D eigenvalue weighted by molar-refractivity contribution is 7.99. The highest BCUT2D eigenvalue weighted by Crippen LogP contribution is 2.55. The third kappa shape index (κ3) is 8.40. The Kier molecular flexibility index (Phi) is 10.8. The second-order valence-electron chi connectivity index (χ2n) is 16.2. The van der Waals surface area contributed by atoms with Crippen molar-refractivity contribution in [3.05, 3.63) is 119 Å². The van der Waals surface area contributed by atoms with Crippen molar-refractivity contribution in [2.24, 2.45) is 23.7 Å². The number of carbonyl (C=O) groups is 2. The number of hydrogen-bond acceptors (Lipinski definition) is 6. The molecule has 3 amide bonds. The van der Waals surface area contributed by atoms with Crippen LogP contribution in [0.15, 0.2) is 102 Å². The Balaban J connectivity index is 0.960. The van der Waals surface area contributed by atoms with Crippen molar-refractivity contribution < 1.29 is 24.2 Å². The summed E-state index contributed by atoms with van der Waals surface area (Å²) in [7, 11) is 0. The van der Waals surface area contributed by atoms with E-state index in [1.165, 1.54) is 26.2 Å². The summed E-state index contributed by atoms with van der Waals surface area (Å²) >= 11 is 1.72. The van der Waals surface area contributed by atoms with E-state index in [4.69, 9.17) is 9.47 Å². The van der Waals surface area contributed by atoms with E-state index in [9.17, 15) is 14.7 Å². The van der Waals surface area contributed by atoms with Crippen molar-refractivity contribution in [3.8, 4) is 11.1 Å². The molecule has 0 spiro atoms. The minimum Gasteiger partial charge on any atom is -0.392 e. The SMILES string of the molecule is CC(=O)Nc1ccc(SC[C@@H]2O[C@H](c3cccc(-c4cccc(CNC(=O)NC56CC7CC(CC(C7)C5)C6)c4)c3)O[C@H](c3ccc(CO)cc3)[C@@H]2C)cc1. The van der Waals surface area contributed by atoms with Gasteiger partial charge in [-0.3, -0.25) is 4.79 Å². The van der Waals surface area contributed by atoms with Gasteiger partial charge in [0.25, 0.3) is 0 Å². The first-order valence-electron chi connectivity index (χ1n) is 19.5. The number of thioether (sulfide) groups is 1. The molecule has 4 aromatic rings.